The van der Waals surface area contributed by atoms with Crippen molar-refractivity contribution in [2.24, 2.45) is 0 Å². The monoisotopic (exact) mass is 200 g/mol. The van der Waals surface area contributed by atoms with Crippen molar-refractivity contribution in [2.75, 3.05) is 5.32 Å². The summed E-state index contributed by atoms with van der Waals surface area (Å²) in [4.78, 5) is 0. The summed E-state index contributed by atoms with van der Waals surface area (Å²) in [5, 5.41) is 14.3. The number of rotatable bonds is 1. The first-order chi connectivity index (χ1) is 7.43. The average molecular weight is 200 g/mol. The molecule has 0 aliphatic carbocycles. The first-order valence-corrected chi connectivity index (χ1v) is 4.93. The summed E-state index contributed by atoms with van der Waals surface area (Å²) in [7, 11) is 0. The number of para-hydroxylation sites is 1. The molecule has 5 nitrogen and oxygen atoms in total. The van der Waals surface area contributed by atoms with E-state index in [4.69, 9.17) is 0 Å². The fourth-order valence-corrected chi connectivity index (χ4v) is 1.89. The van der Waals surface area contributed by atoms with Gasteiger partial charge in [0, 0.05) is 5.69 Å². The van der Waals surface area contributed by atoms with Crippen LogP contribution in [0, 0.1) is 6.33 Å². The number of tetrazole rings is 1. The maximum atomic E-state index is 3.85. The van der Waals surface area contributed by atoms with Gasteiger partial charge in [0.05, 0.1) is 0 Å². The Labute approximate surface area is 87.1 Å². The van der Waals surface area contributed by atoms with E-state index < -0.39 is 0 Å². The predicted octanol–water partition coefficient (Wildman–Crippen LogP) is 1.03. The molecule has 0 saturated carbocycles. The van der Waals surface area contributed by atoms with Crippen LogP contribution in [0.3, 0.4) is 0 Å². The normalized spacial score (nSPS) is 19.3. The van der Waals surface area contributed by atoms with Gasteiger partial charge in [0.25, 0.3) is 0 Å². The highest BCUT2D eigenvalue weighted by atomic mass is 15.6. The van der Waals surface area contributed by atoms with E-state index in [2.05, 4.69) is 45.4 Å². The highest BCUT2D eigenvalue weighted by Gasteiger charge is 2.19. The first kappa shape index (κ1) is 8.40. The second-order valence-electron chi connectivity index (χ2n) is 3.58. The fraction of sp³-hybridized carbons (Fsp3) is 0.300. The summed E-state index contributed by atoms with van der Waals surface area (Å²) in [5.74, 6) is 0. The zero-order chi connectivity index (χ0) is 10.1. The Hall–Kier alpha value is -1.91. The lowest BCUT2D eigenvalue weighted by atomic mass is 10.0. The molecule has 1 unspecified atom stereocenters. The molecule has 1 aliphatic rings. The molecule has 0 spiro atoms. The summed E-state index contributed by atoms with van der Waals surface area (Å²) < 4.78 is 1.63. The van der Waals surface area contributed by atoms with Gasteiger partial charge in [-0.25, -0.2) is 0 Å². The summed E-state index contributed by atoms with van der Waals surface area (Å²) in [6, 6.07) is 8.30. The van der Waals surface area contributed by atoms with Gasteiger partial charge in [0.15, 0.2) is 0 Å². The number of anilines is 1. The van der Waals surface area contributed by atoms with Crippen LogP contribution in [0.25, 0.3) is 0 Å². The van der Waals surface area contributed by atoms with Gasteiger partial charge in [-0.05, 0) is 34.9 Å². The Morgan fingerprint density at radius 1 is 1.40 bits per heavy atom. The van der Waals surface area contributed by atoms with Gasteiger partial charge in [-0.2, -0.15) is 4.68 Å². The lowest BCUT2D eigenvalue weighted by molar-refractivity contribution is 0.446. The zero-order valence-electron chi connectivity index (χ0n) is 8.09. The van der Waals surface area contributed by atoms with E-state index in [1.54, 1.807) is 4.68 Å². The Morgan fingerprint density at radius 2 is 2.33 bits per heavy atom. The molecule has 1 radical (unpaired) electrons. The summed E-state index contributed by atoms with van der Waals surface area (Å²) in [6.07, 6.45) is 4.87. The second kappa shape index (κ2) is 3.34. The van der Waals surface area contributed by atoms with E-state index in [-0.39, 0.29) is 6.17 Å². The van der Waals surface area contributed by atoms with Crippen LogP contribution in [0.15, 0.2) is 24.3 Å². The van der Waals surface area contributed by atoms with E-state index in [1.165, 1.54) is 5.56 Å². The number of hydrogen-bond donors (Lipinski definition) is 1. The van der Waals surface area contributed by atoms with Crippen LogP contribution < -0.4 is 5.32 Å². The van der Waals surface area contributed by atoms with Crippen molar-refractivity contribution in [3.8, 4) is 0 Å². The van der Waals surface area contributed by atoms with E-state index >= 15 is 0 Å². The number of hydrogen-bond acceptors (Lipinski definition) is 4. The van der Waals surface area contributed by atoms with Crippen LogP contribution in [0.1, 0.15) is 18.2 Å². The molecule has 3 rings (SSSR count). The standard InChI is InChI=1S/C10H10N5/c1-2-4-9-8(3-1)5-6-10(12-9)15-7-11-13-14-15/h1-4,10,12H,5-6H2. The molecule has 1 aromatic heterocycles. The second-order valence-corrected chi connectivity index (χ2v) is 3.58. The molecule has 2 aromatic rings. The van der Waals surface area contributed by atoms with Gasteiger partial charge >= 0.3 is 0 Å². The van der Waals surface area contributed by atoms with Crippen LogP contribution in [0.2, 0.25) is 0 Å². The first-order valence-electron chi connectivity index (χ1n) is 4.93. The van der Waals surface area contributed by atoms with E-state index in [0.717, 1.165) is 18.5 Å². The maximum Gasteiger partial charge on any atom is 0.223 e. The molecule has 15 heavy (non-hydrogen) atoms. The van der Waals surface area contributed by atoms with Crippen molar-refractivity contribution in [3.63, 3.8) is 0 Å². The lowest BCUT2D eigenvalue weighted by Gasteiger charge is -2.25. The van der Waals surface area contributed by atoms with Crippen molar-refractivity contribution < 1.29 is 0 Å². The van der Waals surface area contributed by atoms with E-state index in [0.29, 0.717) is 0 Å². The van der Waals surface area contributed by atoms with Crippen molar-refractivity contribution in [3.05, 3.63) is 36.2 Å². The van der Waals surface area contributed by atoms with Gasteiger partial charge in [-0.1, -0.05) is 18.2 Å². The third kappa shape index (κ3) is 1.45. The Morgan fingerprint density at radius 3 is 3.20 bits per heavy atom. The molecule has 0 amide bonds. The molecule has 1 atom stereocenters. The molecule has 1 aliphatic heterocycles. The minimum Gasteiger partial charge on any atom is -0.363 e. The van der Waals surface area contributed by atoms with Gasteiger partial charge < -0.3 is 5.32 Å². The summed E-state index contributed by atoms with van der Waals surface area (Å²) in [6.45, 7) is 0. The Balaban J connectivity index is 1.89. The quantitative estimate of drug-likeness (QED) is 0.747. The third-order valence-electron chi connectivity index (χ3n) is 2.65. The zero-order valence-corrected chi connectivity index (χ0v) is 8.09. The topological polar surface area (TPSA) is 55.6 Å². The average Bonchev–Trinajstić information content (AvgIpc) is 2.82. The molecular formula is C10H10N5. The number of nitrogens with zero attached hydrogens (tertiary/aromatic N) is 4. The van der Waals surface area contributed by atoms with Crippen molar-refractivity contribution >= 4 is 5.69 Å². The summed E-state index contributed by atoms with van der Waals surface area (Å²) in [5.41, 5.74) is 2.51. The molecule has 1 aromatic carbocycles. The van der Waals surface area contributed by atoms with Crippen LogP contribution in [-0.4, -0.2) is 20.2 Å². The maximum absolute atomic E-state index is 3.85. The Kier molecular flexibility index (Phi) is 1.87. The predicted molar refractivity (Wildman–Crippen MR) is 54.1 cm³/mol. The van der Waals surface area contributed by atoms with Crippen LogP contribution in [0.5, 0.6) is 0 Å². The number of benzene rings is 1. The molecular weight excluding hydrogens is 190 g/mol. The highest BCUT2D eigenvalue weighted by molar-refractivity contribution is 5.53. The molecule has 2 heterocycles. The molecule has 0 saturated heterocycles. The van der Waals surface area contributed by atoms with Crippen LogP contribution >= 0.6 is 0 Å². The SMILES string of the molecule is [c]1nnnn1C1CCc2ccccc2N1. The van der Waals surface area contributed by atoms with Crippen LogP contribution in [0.4, 0.5) is 5.69 Å². The number of aromatic nitrogens is 4. The largest absolute Gasteiger partial charge is 0.363 e. The third-order valence-corrected chi connectivity index (χ3v) is 2.65. The van der Waals surface area contributed by atoms with Gasteiger partial charge in [-0.15, -0.1) is 5.10 Å². The minimum atomic E-state index is 0.120. The van der Waals surface area contributed by atoms with Gasteiger partial charge in [-0.3, -0.25) is 0 Å². The smallest absolute Gasteiger partial charge is 0.223 e. The number of fused-ring (bicyclic) bond motifs is 1. The molecule has 0 fully saturated rings. The van der Waals surface area contributed by atoms with Gasteiger partial charge in [0.2, 0.25) is 6.33 Å². The molecule has 1 N–H and O–H groups in total. The fourth-order valence-electron chi connectivity index (χ4n) is 1.89. The minimum absolute atomic E-state index is 0.120. The molecule has 5 heteroatoms. The van der Waals surface area contributed by atoms with Crippen molar-refractivity contribution in [1.29, 1.82) is 0 Å². The van der Waals surface area contributed by atoms with Gasteiger partial charge in [0.1, 0.15) is 6.17 Å². The highest BCUT2D eigenvalue weighted by Crippen LogP contribution is 2.28. The molecule has 0 bridgehead atoms. The summed E-state index contributed by atoms with van der Waals surface area (Å²) >= 11 is 0. The number of aryl methyl sites for hydroxylation is 1. The Bertz CT molecular complexity index is 451. The lowest BCUT2D eigenvalue weighted by Crippen LogP contribution is -2.24. The van der Waals surface area contributed by atoms with E-state index in [1.807, 2.05) is 6.07 Å². The van der Waals surface area contributed by atoms with Crippen molar-refractivity contribution in [2.45, 2.75) is 19.0 Å². The number of nitrogens with one attached hydrogen (secondary N) is 1. The van der Waals surface area contributed by atoms with Crippen LogP contribution in [-0.2, 0) is 6.42 Å². The van der Waals surface area contributed by atoms with E-state index in [9.17, 15) is 0 Å². The molecule has 75 valence electrons. The van der Waals surface area contributed by atoms with Crippen molar-refractivity contribution in [1.82, 2.24) is 20.2 Å².